The van der Waals surface area contributed by atoms with E-state index in [2.05, 4.69) is 20.0 Å². The van der Waals surface area contributed by atoms with Gasteiger partial charge in [0, 0.05) is 25.9 Å². The molecule has 0 spiro atoms. The number of carboxylic acid groups (broad SMARTS) is 1. The largest absolute Gasteiger partial charge is 0.573 e. The Morgan fingerprint density at radius 3 is 2.71 bits per heavy atom. The lowest BCUT2D eigenvalue weighted by Crippen LogP contribution is -2.56. The van der Waals surface area contributed by atoms with Crippen LogP contribution in [0, 0.1) is 0 Å². The number of carbonyl (C=O) groups excluding carboxylic acids is 1. The number of nitrogens with two attached hydrogens (primary N) is 1. The highest BCUT2D eigenvalue weighted by Gasteiger charge is 2.42. The molecule has 4 N–H and O–H groups in total. The molecule has 0 bridgehead atoms. The van der Waals surface area contributed by atoms with Gasteiger partial charge in [-0.05, 0) is 25.1 Å². The van der Waals surface area contributed by atoms with Crippen LogP contribution in [0.25, 0.3) is 10.2 Å². The van der Waals surface area contributed by atoms with Crippen molar-refractivity contribution in [1.82, 2.24) is 9.97 Å². The Balaban J connectivity index is 1.72. The number of amides is 1. The number of carboxylic acids is 1. The molecule has 2 aromatic heterocycles. The first kappa shape index (κ1) is 24.3. The molecular formula is C20H19F3N6O5S. The minimum absolute atomic E-state index is 0.111. The van der Waals surface area contributed by atoms with E-state index < -0.39 is 30.8 Å². The number of carbonyl (C=O) groups is 2. The summed E-state index contributed by atoms with van der Waals surface area (Å²) in [5.74, 6) is -2.07. The predicted octanol–water partition coefficient (Wildman–Crippen LogP) is 2.79. The van der Waals surface area contributed by atoms with Gasteiger partial charge in [0.15, 0.2) is 17.2 Å². The SMILES string of the molecule is CCOC(C(N)=O)N1c2cc(C(=O)O)cnc2N(C)C1Nc1nc2ccc(OC(F)(F)F)cc2s1. The molecule has 0 saturated carbocycles. The zero-order valence-electron chi connectivity index (χ0n) is 18.2. The molecule has 2 atom stereocenters. The summed E-state index contributed by atoms with van der Waals surface area (Å²) in [6.45, 7) is 1.80. The summed E-state index contributed by atoms with van der Waals surface area (Å²) in [7, 11) is 1.65. The molecule has 11 nitrogen and oxygen atoms in total. The van der Waals surface area contributed by atoms with E-state index in [1.54, 1.807) is 18.9 Å². The number of alkyl halides is 3. The summed E-state index contributed by atoms with van der Waals surface area (Å²) in [4.78, 5) is 35.4. The maximum Gasteiger partial charge on any atom is 0.573 e. The van der Waals surface area contributed by atoms with Gasteiger partial charge in [0.2, 0.25) is 6.23 Å². The van der Waals surface area contributed by atoms with Crippen molar-refractivity contribution in [3.63, 3.8) is 0 Å². The number of pyridine rings is 1. The average Bonchev–Trinajstić information content (AvgIpc) is 3.28. The third-order valence-electron chi connectivity index (χ3n) is 5.00. The van der Waals surface area contributed by atoms with E-state index in [0.717, 1.165) is 17.4 Å². The topological polar surface area (TPSA) is 143 Å². The summed E-state index contributed by atoms with van der Waals surface area (Å²) in [6, 6.07) is 5.09. The van der Waals surface area contributed by atoms with Crippen molar-refractivity contribution in [2.45, 2.75) is 25.8 Å². The number of fused-ring (bicyclic) bond motifs is 2. The zero-order valence-corrected chi connectivity index (χ0v) is 19.1. The maximum absolute atomic E-state index is 12.6. The smallest absolute Gasteiger partial charge is 0.478 e. The first-order chi connectivity index (χ1) is 16.5. The summed E-state index contributed by atoms with van der Waals surface area (Å²) in [5, 5.41) is 12.8. The molecule has 15 heteroatoms. The van der Waals surface area contributed by atoms with Crippen LogP contribution in [0.3, 0.4) is 0 Å². The lowest BCUT2D eigenvalue weighted by Gasteiger charge is -2.34. The summed E-state index contributed by atoms with van der Waals surface area (Å²) in [6.07, 6.45) is -5.79. The molecule has 3 aromatic rings. The highest BCUT2D eigenvalue weighted by atomic mass is 32.1. The van der Waals surface area contributed by atoms with Gasteiger partial charge < -0.3 is 30.5 Å². The minimum atomic E-state index is -4.83. The van der Waals surface area contributed by atoms with E-state index in [4.69, 9.17) is 10.5 Å². The number of benzene rings is 1. The number of aromatic nitrogens is 2. The molecule has 35 heavy (non-hydrogen) atoms. The Morgan fingerprint density at radius 2 is 2.09 bits per heavy atom. The van der Waals surface area contributed by atoms with Gasteiger partial charge in [0.1, 0.15) is 5.75 Å². The second kappa shape index (κ2) is 9.07. The minimum Gasteiger partial charge on any atom is -0.478 e. The van der Waals surface area contributed by atoms with Gasteiger partial charge in [-0.25, -0.2) is 14.8 Å². The number of halogens is 3. The molecule has 0 aliphatic carbocycles. The first-order valence-corrected chi connectivity index (χ1v) is 10.9. The molecule has 2 unspecified atom stereocenters. The van der Waals surface area contributed by atoms with E-state index in [1.165, 1.54) is 29.3 Å². The number of hydrogen-bond acceptors (Lipinski definition) is 10. The van der Waals surface area contributed by atoms with Crippen LogP contribution in [-0.2, 0) is 9.53 Å². The van der Waals surface area contributed by atoms with Crippen LogP contribution in [0.4, 0.5) is 29.8 Å². The van der Waals surface area contributed by atoms with Crippen molar-refractivity contribution in [2.75, 3.05) is 28.8 Å². The number of hydrogen-bond donors (Lipinski definition) is 3. The number of rotatable bonds is 8. The van der Waals surface area contributed by atoms with Gasteiger partial charge in [0.25, 0.3) is 5.91 Å². The number of aromatic carboxylic acids is 1. The van der Waals surface area contributed by atoms with Crippen molar-refractivity contribution in [3.05, 3.63) is 36.0 Å². The maximum atomic E-state index is 12.6. The second-order valence-corrected chi connectivity index (χ2v) is 8.35. The van der Waals surface area contributed by atoms with Crippen molar-refractivity contribution >= 4 is 50.1 Å². The van der Waals surface area contributed by atoms with Crippen LogP contribution in [0.2, 0.25) is 0 Å². The second-order valence-electron chi connectivity index (χ2n) is 7.31. The average molecular weight is 512 g/mol. The standard InChI is InChI=1S/C20H19F3N6O5S/c1-3-33-16(14(24)30)29-12-6-9(17(31)32)8-25-15(12)28(2)19(29)27-18-26-11-5-4-10(7-13(11)35-18)34-20(21,22)23/h4-8,16,19H,3H2,1-2H3,(H2,24,30)(H,26,27)(H,31,32). The van der Waals surface area contributed by atoms with Crippen molar-refractivity contribution in [3.8, 4) is 5.75 Å². The quantitative estimate of drug-likeness (QED) is 0.412. The number of nitrogens with one attached hydrogen (secondary N) is 1. The Hall–Kier alpha value is -3.85. The van der Waals surface area contributed by atoms with Crippen LogP contribution in [0.15, 0.2) is 30.5 Å². The van der Waals surface area contributed by atoms with E-state index in [1.807, 2.05) is 0 Å². The fraction of sp³-hybridized carbons (Fsp3) is 0.300. The van der Waals surface area contributed by atoms with E-state index >= 15 is 0 Å². The molecule has 1 aliphatic heterocycles. The predicted molar refractivity (Wildman–Crippen MR) is 120 cm³/mol. The highest BCUT2D eigenvalue weighted by molar-refractivity contribution is 7.22. The summed E-state index contributed by atoms with van der Waals surface area (Å²) < 4.78 is 47.6. The van der Waals surface area contributed by atoms with Crippen molar-refractivity contribution in [2.24, 2.45) is 5.73 Å². The monoisotopic (exact) mass is 512 g/mol. The Kier molecular flexibility index (Phi) is 6.29. The van der Waals surface area contributed by atoms with Crippen LogP contribution in [-0.4, -0.2) is 59.5 Å². The van der Waals surface area contributed by atoms with E-state index in [-0.39, 0.29) is 23.6 Å². The van der Waals surface area contributed by atoms with Crippen LogP contribution >= 0.6 is 11.3 Å². The molecule has 0 saturated heterocycles. The molecule has 186 valence electrons. The van der Waals surface area contributed by atoms with Crippen LogP contribution in [0.5, 0.6) is 5.75 Å². The fourth-order valence-corrected chi connectivity index (χ4v) is 4.52. The molecule has 1 aromatic carbocycles. The Morgan fingerprint density at radius 1 is 1.34 bits per heavy atom. The van der Waals surface area contributed by atoms with Crippen LogP contribution in [0.1, 0.15) is 17.3 Å². The summed E-state index contributed by atoms with van der Waals surface area (Å²) >= 11 is 1.05. The number of anilines is 3. The molecule has 0 radical (unpaired) electrons. The van der Waals surface area contributed by atoms with E-state index in [0.29, 0.717) is 21.2 Å². The molecular weight excluding hydrogens is 493 g/mol. The summed E-state index contributed by atoms with van der Waals surface area (Å²) in [5.41, 5.74) is 6.17. The normalized spacial score (nSPS) is 16.3. The number of primary amides is 1. The van der Waals surface area contributed by atoms with Gasteiger partial charge in [-0.2, -0.15) is 0 Å². The zero-order chi connectivity index (χ0) is 25.5. The molecule has 1 amide bonds. The highest BCUT2D eigenvalue weighted by Crippen LogP contribution is 2.40. The third-order valence-corrected chi connectivity index (χ3v) is 5.95. The van der Waals surface area contributed by atoms with Gasteiger partial charge in [-0.1, -0.05) is 11.3 Å². The molecule has 1 aliphatic rings. The Labute approximate surface area is 199 Å². The third kappa shape index (κ3) is 4.85. The van der Waals surface area contributed by atoms with Gasteiger partial charge in [-0.3, -0.25) is 9.69 Å². The number of nitrogens with zero attached hydrogens (tertiary/aromatic N) is 4. The van der Waals surface area contributed by atoms with Gasteiger partial charge in [-0.15, -0.1) is 13.2 Å². The molecule has 3 heterocycles. The van der Waals surface area contributed by atoms with E-state index in [9.17, 15) is 27.9 Å². The number of thiazole rings is 1. The first-order valence-electron chi connectivity index (χ1n) is 10.1. The lowest BCUT2D eigenvalue weighted by molar-refractivity contribution is -0.274. The molecule has 4 rings (SSSR count). The van der Waals surface area contributed by atoms with Crippen LogP contribution < -0.4 is 25.6 Å². The van der Waals surface area contributed by atoms with Gasteiger partial charge >= 0.3 is 12.3 Å². The van der Waals surface area contributed by atoms with Gasteiger partial charge in [0.05, 0.1) is 21.5 Å². The van der Waals surface area contributed by atoms with Crippen molar-refractivity contribution < 1.29 is 37.3 Å². The fourth-order valence-electron chi connectivity index (χ4n) is 3.61. The molecule has 0 fully saturated rings. The Bertz CT molecular complexity index is 1290. The number of ether oxygens (including phenoxy) is 2. The van der Waals surface area contributed by atoms with Crippen molar-refractivity contribution in [1.29, 1.82) is 0 Å². The lowest BCUT2D eigenvalue weighted by atomic mass is 10.2.